The smallest absolute Gasteiger partial charge is 0.212 e. The van der Waals surface area contributed by atoms with E-state index in [0.29, 0.717) is 22.9 Å². The zero-order chi connectivity index (χ0) is 26.9. The fraction of sp³-hybridized carbons (Fsp3) is 0.107. The first-order valence-electron chi connectivity index (χ1n) is 11.5. The average molecular weight is 536 g/mol. The van der Waals surface area contributed by atoms with Crippen LogP contribution in [-0.2, 0) is 27.6 Å². The van der Waals surface area contributed by atoms with E-state index in [1.54, 1.807) is 48.5 Å². The zero-order valence-electron chi connectivity index (χ0n) is 19.8. The van der Waals surface area contributed by atoms with E-state index < -0.39 is 43.9 Å². The molecule has 3 aromatic heterocycles. The molecule has 0 saturated heterocycles. The number of halogens is 3. The Morgan fingerprint density at radius 3 is 2.47 bits per heavy atom. The number of hydrogen-bond donors (Lipinski definition) is 0. The standard InChI is InChI=1S/C28H20F3N3O3S/c29-21-11-24(30)28-25(12-21)34(15-18-4-3-5-19(10-18)20-7-8-27(31)33-14-20)16-26(28)38(36,37)17-23(35)13-22-6-1-2-9-32-22/h1-12,14,16H,13,15,17H2. The summed E-state index contributed by atoms with van der Waals surface area (Å²) in [7, 11) is -4.27. The molecule has 0 fully saturated rings. The highest BCUT2D eigenvalue weighted by molar-refractivity contribution is 7.92. The molecule has 6 nitrogen and oxygen atoms in total. The number of Topliss-reactive ketones (excluding diaryl/α,β-unsaturated/α-hetero) is 1. The summed E-state index contributed by atoms with van der Waals surface area (Å²) in [6.07, 6.45) is 3.91. The van der Waals surface area contributed by atoms with Crippen LogP contribution in [0.2, 0.25) is 0 Å². The topological polar surface area (TPSA) is 81.9 Å². The quantitative estimate of drug-likeness (QED) is 0.257. The number of pyridine rings is 2. The van der Waals surface area contributed by atoms with Crippen molar-refractivity contribution in [3.8, 4) is 11.1 Å². The van der Waals surface area contributed by atoms with E-state index in [4.69, 9.17) is 0 Å². The highest BCUT2D eigenvalue weighted by Crippen LogP contribution is 2.31. The Kier molecular flexibility index (Phi) is 6.81. The lowest BCUT2D eigenvalue weighted by molar-refractivity contribution is -0.116. The summed E-state index contributed by atoms with van der Waals surface area (Å²) in [6.45, 7) is 0.0826. The van der Waals surface area contributed by atoms with Crippen molar-refractivity contribution in [2.45, 2.75) is 17.9 Å². The molecule has 10 heteroatoms. The van der Waals surface area contributed by atoms with Gasteiger partial charge in [-0.25, -0.2) is 22.2 Å². The molecule has 0 amide bonds. The van der Waals surface area contributed by atoms with Crippen LogP contribution in [0.1, 0.15) is 11.3 Å². The van der Waals surface area contributed by atoms with Crippen LogP contribution >= 0.6 is 0 Å². The van der Waals surface area contributed by atoms with Crippen molar-refractivity contribution in [2.75, 3.05) is 5.75 Å². The van der Waals surface area contributed by atoms with Crippen molar-refractivity contribution in [1.82, 2.24) is 14.5 Å². The van der Waals surface area contributed by atoms with Crippen molar-refractivity contribution >= 4 is 26.5 Å². The molecule has 0 atom stereocenters. The molecule has 5 rings (SSSR count). The highest BCUT2D eigenvalue weighted by atomic mass is 32.2. The highest BCUT2D eigenvalue weighted by Gasteiger charge is 2.27. The minimum absolute atomic E-state index is 0.0344. The zero-order valence-corrected chi connectivity index (χ0v) is 20.6. The van der Waals surface area contributed by atoms with E-state index in [9.17, 15) is 26.4 Å². The minimum atomic E-state index is -4.27. The Bertz CT molecular complexity index is 1750. The molecular weight excluding hydrogens is 515 g/mol. The van der Waals surface area contributed by atoms with Crippen LogP contribution < -0.4 is 0 Å². The second-order valence-electron chi connectivity index (χ2n) is 8.77. The summed E-state index contributed by atoms with van der Waals surface area (Å²) >= 11 is 0. The van der Waals surface area contributed by atoms with Gasteiger partial charge in [-0.2, -0.15) is 4.39 Å². The summed E-state index contributed by atoms with van der Waals surface area (Å²) in [5, 5.41) is -0.282. The molecule has 0 radical (unpaired) electrons. The number of hydrogen-bond acceptors (Lipinski definition) is 5. The van der Waals surface area contributed by atoms with Crippen LogP contribution in [-0.4, -0.2) is 34.5 Å². The number of benzene rings is 2. The molecule has 0 aliphatic rings. The molecule has 38 heavy (non-hydrogen) atoms. The molecule has 0 aliphatic heterocycles. The monoisotopic (exact) mass is 535 g/mol. The predicted molar refractivity (Wildman–Crippen MR) is 136 cm³/mol. The fourth-order valence-corrected chi connectivity index (χ4v) is 5.79. The Morgan fingerprint density at radius 1 is 0.895 bits per heavy atom. The lowest BCUT2D eigenvalue weighted by Gasteiger charge is -2.08. The van der Waals surface area contributed by atoms with Crippen LogP contribution in [0, 0.1) is 17.6 Å². The molecule has 192 valence electrons. The minimum Gasteiger partial charge on any atom is -0.342 e. The lowest BCUT2D eigenvalue weighted by atomic mass is 10.0. The summed E-state index contributed by atoms with van der Waals surface area (Å²) in [5.41, 5.74) is 2.55. The Labute approximate surface area is 216 Å². The summed E-state index contributed by atoms with van der Waals surface area (Å²) in [4.78, 5) is 19.9. The Hall–Kier alpha value is -4.31. The van der Waals surface area contributed by atoms with E-state index in [-0.39, 0.29) is 23.9 Å². The molecule has 0 spiro atoms. The molecule has 0 N–H and O–H groups in total. The summed E-state index contributed by atoms with van der Waals surface area (Å²) in [6, 6.07) is 16.6. The van der Waals surface area contributed by atoms with Crippen molar-refractivity contribution in [2.24, 2.45) is 0 Å². The maximum atomic E-state index is 14.9. The molecular formula is C28H20F3N3O3S. The van der Waals surface area contributed by atoms with Gasteiger partial charge in [0, 0.05) is 48.9 Å². The number of rotatable bonds is 8. The third-order valence-electron chi connectivity index (χ3n) is 5.99. The summed E-state index contributed by atoms with van der Waals surface area (Å²) in [5.74, 6) is -3.98. The van der Waals surface area contributed by atoms with E-state index >= 15 is 0 Å². The van der Waals surface area contributed by atoms with Gasteiger partial charge in [-0.3, -0.25) is 9.78 Å². The van der Waals surface area contributed by atoms with Gasteiger partial charge in [0.15, 0.2) is 15.6 Å². The second kappa shape index (κ2) is 10.2. The number of ketones is 1. The molecule has 2 aromatic carbocycles. The van der Waals surface area contributed by atoms with Gasteiger partial charge in [-0.05, 0) is 47.5 Å². The summed E-state index contributed by atoms with van der Waals surface area (Å²) < 4.78 is 70.3. The van der Waals surface area contributed by atoms with E-state index in [2.05, 4.69) is 9.97 Å². The maximum absolute atomic E-state index is 14.9. The number of carbonyl (C=O) groups is 1. The van der Waals surface area contributed by atoms with Gasteiger partial charge in [-0.15, -0.1) is 0 Å². The van der Waals surface area contributed by atoms with Gasteiger partial charge in [0.05, 0.1) is 15.8 Å². The first-order chi connectivity index (χ1) is 18.2. The Balaban J connectivity index is 1.50. The van der Waals surface area contributed by atoms with E-state index in [1.807, 2.05) is 0 Å². The molecule has 3 heterocycles. The van der Waals surface area contributed by atoms with Crippen LogP contribution in [0.15, 0.2) is 90.2 Å². The van der Waals surface area contributed by atoms with Crippen molar-refractivity contribution in [3.05, 3.63) is 114 Å². The molecule has 0 unspecified atom stereocenters. The van der Waals surface area contributed by atoms with Gasteiger partial charge in [0.25, 0.3) is 0 Å². The van der Waals surface area contributed by atoms with E-state index in [1.165, 1.54) is 29.2 Å². The van der Waals surface area contributed by atoms with Gasteiger partial charge < -0.3 is 4.57 Å². The average Bonchev–Trinajstić information content (AvgIpc) is 3.24. The SMILES string of the molecule is O=C(Cc1ccccn1)CS(=O)(=O)c1cn(Cc2cccc(-c3ccc(F)nc3)c2)c2cc(F)cc(F)c12. The third-order valence-corrected chi connectivity index (χ3v) is 7.68. The van der Waals surface area contributed by atoms with Crippen molar-refractivity contribution in [1.29, 1.82) is 0 Å². The first-order valence-corrected chi connectivity index (χ1v) is 13.2. The van der Waals surface area contributed by atoms with Crippen LogP contribution in [0.4, 0.5) is 13.2 Å². The number of carbonyl (C=O) groups excluding carboxylic acids is 1. The van der Waals surface area contributed by atoms with Gasteiger partial charge in [-0.1, -0.05) is 24.3 Å². The van der Waals surface area contributed by atoms with Gasteiger partial charge in [0.2, 0.25) is 5.95 Å². The molecule has 5 aromatic rings. The number of fused-ring (bicyclic) bond motifs is 1. The third kappa shape index (κ3) is 5.35. The predicted octanol–water partition coefficient (Wildman–Crippen LogP) is 5.15. The van der Waals surface area contributed by atoms with E-state index in [0.717, 1.165) is 11.6 Å². The largest absolute Gasteiger partial charge is 0.342 e. The number of aromatic nitrogens is 3. The maximum Gasteiger partial charge on any atom is 0.212 e. The Morgan fingerprint density at radius 2 is 1.74 bits per heavy atom. The van der Waals surface area contributed by atoms with Crippen LogP contribution in [0.5, 0.6) is 0 Å². The number of nitrogens with zero attached hydrogens (tertiary/aromatic N) is 3. The van der Waals surface area contributed by atoms with Gasteiger partial charge in [0.1, 0.15) is 17.4 Å². The lowest BCUT2D eigenvalue weighted by Crippen LogP contribution is -2.18. The fourth-order valence-electron chi connectivity index (χ4n) is 4.31. The van der Waals surface area contributed by atoms with Crippen LogP contribution in [0.25, 0.3) is 22.0 Å². The molecule has 0 bridgehead atoms. The normalized spacial score (nSPS) is 11.7. The van der Waals surface area contributed by atoms with Gasteiger partial charge >= 0.3 is 0 Å². The van der Waals surface area contributed by atoms with Crippen molar-refractivity contribution < 1.29 is 26.4 Å². The van der Waals surface area contributed by atoms with Crippen LogP contribution in [0.3, 0.4) is 0 Å². The second-order valence-corrected chi connectivity index (χ2v) is 10.7. The van der Waals surface area contributed by atoms with Crippen molar-refractivity contribution in [3.63, 3.8) is 0 Å². The molecule has 0 aliphatic carbocycles. The first kappa shape index (κ1) is 25.3. The molecule has 0 saturated carbocycles. The number of sulfone groups is 1.